The number of rotatable bonds is 4. The Morgan fingerprint density at radius 1 is 1.15 bits per heavy atom. The number of carbonyl (C=O) groups excluding carboxylic acids is 1. The molecule has 0 radical (unpaired) electrons. The molecule has 0 fully saturated rings. The third-order valence-electron chi connectivity index (χ3n) is 2.93. The summed E-state index contributed by atoms with van der Waals surface area (Å²) in [6.45, 7) is 0.566. The number of methoxy groups -OCH3 is 1. The van der Waals surface area contributed by atoms with Crippen molar-refractivity contribution in [3.05, 3.63) is 60.2 Å². The first kappa shape index (κ1) is 13.9. The number of ether oxygens (including phenoxy) is 1. The van der Waals surface area contributed by atoms with Gasteiger partial charge >= 0.3 is 6.03 Å². The number of amides is 2. The molecule has 0 aliphatic carbocycles. The quantitative estimate of drug-likeness (QED) is 0.925. The van der Waals surface area contributed by atoms with Crippen LogP contribution in [0.1, 0.15) is 5.56 Å². The van der Waals surface area contributed by atoms with Crippen molar-refractivity contribution in [1.29, 1.82) is 0 Å². The van der Waals surface area contributed by atoms with Crippen LogP contribution in [0, 0.1) is 0 Å². The van der Waals surface area contributed by atoms with Gasteiger partial charge in [0.25, 0.3) is 0 Å². The van der Waals surface area contributed by atoms with Crippen LogP contribution in [0.4, 0.5) is 10.5 Å². The van der Waals surface area contributed by atoms with E-state index in [-0.39, 0.29) is 6.03 Å². The molecule has 0 heterocycles. The van der Waals surface area contributed by atoms with Crippen LogP contribution < -0.4 is 10.1 Å². The number of hydrogen-bond acceptors (Lipinski definition) is 2. The highest BCUT2D eigenvalue weighted by Gasteiger charge is 2.09. The van der Waals surface area contributed by atoms with E-state index in [9.17, 15) is 4.79 Å². The van der Waals surface area contributed by atoms with Gasteiger partial charge in [0, 0.05) is 25.3 Å². The Morgan fingerprint density at radius 3 is 2.60 bits per heavy atom. The molecule has 0 saturated heterocycles. The van der Waals surface area contributed by atoms with E-state index in [4.69, 9.17) is 4.74 Å². The van der Waals surface area contributed by atoms with Crippen molar-refractivity contribution < 1.29 is 9.53 Å². The van der Waals surface area contributed by atoms with E-state index in [1.54, 1.807) is 25.1 Å². The van der Waals surface area contributed by atoms with Gasteiger partial charge in [-0.05, 0) is 17.7 Å². The van der Waals surface area contributed by atoms with Crippen molar-refractivity contribution >= 4 is 11.7 Å². The van der Waals surface area contributed by atoms with Crippen LogP contribution in [-0.2, 0) is 6.54 Å². The Kier molecular flexibility index (Phi) is 4.60. The summed E-state index contributed by atoms with van der Waals surface area (Å²) >= 11 is 0. The van der Waals surface area contributed by atoms with E-state index in [1.165, 1.54) is 0 Å². The Hall–Kier alpha value is -2.49. The van der Waals surface area contributed by atoms with Crippen LogP contribution in [0.15, 0.2) is 54.6 Å². The number of benzene rings is 2. The molecule has 1 N–H and O–H groups in total. The summed E-state index contributed by atoms with van der Waals surface area (Å²) in [7, 11) is 3.37. The maximum atomic E-state index is 12.1. The maximum Gasteiger partial charge on any atom is 0.321 e. The van der Waals surface area contributed by atoms with Crippen LogP contribution in [0.3, 0.4) is 0 Å². The highest BCUT2D eigenvalue weighted by molar-refractivity contribution is 5.89. The van der Waals surface area contributed by atoms with Crippen molar-refractivity contribution in [3.63, 3.8) is 0 Å². The third-order valence-corrected chi connectivity index (χ3v) is 2.93. The normalized spacial score (nSPS) is 9.90. The SMILES string of the molecule is COc1cccc(NC(=O)N(C)Cc2ccccc2)c1. The van der Waals surface area contributed by atoms with E-state index >= 15 is 0 Å². The average molecular weight is 270 g/mol. The lowest BCUT2D eigenvalue weighted by Gasteiger charge is -2.18. The van der Waals surface area contributed by atoms with Gasteiger partial charge in [-0.3, -0.25) is 0 Å². The molecule has 0 saturated carbocycles. The summed E-state index contributed by atoms with van der Waals surface area (Å²) in [5, 5.41) is 2.84. The van der Waals surface area contributed by atoms with Crippen molar-refractivity contribution in [2.75, 3.05) is 19.5 Å². The molecule has 4 heteroatoms. The second-order valence-electron chi connectivity index (χ2n) is 4.50. The molecule has 0 bridgehead atoms. The predicted octanol–water partition coefficient (Wildman–Crippen LogP) is 3.36. The standard InChI is InChI=1S/C16H18N2O2/c1-18(12-13-7-4-3-5-8-13)16(19)17-14-9-6-10-15(11-14)20-2/h3-11H,12H2,1-2H3,(H,17,19). The number of urea groups is 1. The molecular weight excluding hydrogens is 252 g/mol. The fourth-order valence-corrected chi connectivity index (χ4v) is 1.85. The first-order valence-corrected chi connectivity index (χ1v) is 6.39. The highest BCUT2D eigenvalue weighted by atomic mass is 16.5. The second-order valence-corrected chi connectivity index (χ2v) is 4.50. The fraction of sp³-hybridized carbons (Fsp3) is 0.188. The largest absolute Gasteiger partial charge is 0.497 e. The predicted molar refractivity (Wildman–Crippen MR) is 79.9 cm³/mol. The monoisotopic (exact) mass is 270 g/mol. The lowest BCUT2D eigenvalue weighted by Crippen LogP contribution is -2.30. The summed E-state index contributed by atoms with van der Waals surface area (Å²) in [5.74, 6) is 0.716. The van der Waals surface area contributed by atoms with Crippen molar-refractivity contribution in [1.82, 2.24) is 4.90 Å². The molecule has 2 aromatic rings. The van der Waals surface area contributed by atoms with Crippen LogP contribution in [0.25, 0.3) is 0 Å². The molecule has 0 aromatic heterocycles. The fourth-order valence-electron chi connectivity index (χ4n) is 1.85. The molecule has 0 aliphatic rings. The van der Waals surface area contributed by atoms with Crippen LogP contribution in [0.5, 0.6) is 5.75 Å². The molecule has 20 heavy (non-hydrogen) atoms. The molecule has 0 aliphatic heterocycles. The number of nitrogens with one attached hydrogen (secondary N) is 1. The van der Waals surface area contributed by atoms with Gasteiger partial charge in [0.2, 0.25) is 0 Å². The smallest absolute Gasteiger partial charge is 0.321 e. The number of anilines is 1. The zero-order chi connectivity index (χ0) is 14.4. The van der Waals surface area contributed by atoms with Crippen molar-refractivity contribution in [2.24, 2.45) is 0 Å². The molecule has 0 unspecified atom stereocenters. The van der Waals surface area contributed by atoms with Crippen molar-refractivity contribution in [3.8, 4) is 5.75 Å². The molecule has 0 spiro atoms. The molecule has 2 amide bonds. The molecule has 2 aromatic carbocycles. The number of nitrogens with zero attached hydrogens (tertiary/aromatic N) is 1. The topological polar surface area (TPSA) is 41.6 Å². The Morgan fingerprint density at radius 2 is 1.90 bits per heavy atom. The highest BCUT2D eigenvalue weighted by Crippen LogP contribution is 2.17. The molecule has 4 nitrogen and oxygen atoms in total. The molecular formula is C16H18N2O2. The van der Waals surface area contributed by atoms with Gasteiger partial charge < -0.3 is 15.0 Å². The zero-order valence-corrected chi connectivity index (χ0v) is 11.7. The Labute approximate surface area is 119 Å². The average Bonchev–Trinajstić information content (AvgIpc) is 2.48. The van der Waals surface area contributed by atoms with E-state index < -0.39 is 0 Å². The molecule has 0 atom stereocenters. The minimum atomic E-state index is -0.151. The first-order valence-electron chi connectivity index (χ1n) is 6.39. The van der Waals surface area contributed by atoms with E-state index in [2.05, 4.69) is 5.32 Å². The summed E-state index contributed by atoms with van der Waals surface area (Å²) in [6, 6.07) is 17.0. The van der Waals surface area contributed by atoms with Crippen LogP contribution in [0.2, 0.25) is 0 Å². The number of carbonyl (C=O) groups is 1. The minimum absolute atomic E-state index is 0.151. The summed E-state index contributed by atoms with van der Waals surface area (Å²) in [5.41, 5.74) is 1.81. The van der Waals surface area contributed by atoms with Crippen LogP contribution >= 0.6 is 0 Å². The summed E-state index contributed by atoms with van der Waals surface area (Å²) in [6.07, 6.45) is 0. The van der Waals surface area contributed by atoms with E-state index in [1.807, 2.05) is 48.5 Å². The lowest BCUT2D eigenvalue weighted by molar-refractivity contribution is 0.220. The van der Waals surface area contributed by atoms with Gasteiger partial charge in [-0.2, -0.15) is 0 Å². The van der Waals surface area contributed by atoms with Gasteiger partial charge in [-0.15, -0.1) is 0 Å². The minimum Gasteiger partial charge on any atom is -0.497 e. The van der Waals surface area contributed by atoms with E-state index in [0.717, 1.165) is 5.56 Å². The van der Waals surface area contributed by atoms with Crippen molar-refractivity contribution in [2.45, 2.75) is 6.54 Å². The van der Waals surface area contributed by atoms with Gasteiger partial charge in [0.05, 0.1) is 7.11 Å². The van der Waals surface area contributed by atoms with Gasteiger partial charge in [0.15, 0.2) is 0 Å². The molecule has 2 rings (SSSR count). The Balaban J connectivity index is 1.97. The van der Waals surface area contributed by atoms with E-state index in [0.29, 0.717) is 18.0 Å². The third kappa shape index (κ3) is 3.75. The second kappa shape index (κ2) is 6.61. The number of hydrogen-bond donors (Lipinski definition) is 1. The van der Waals surface area contributed by atoms with Gasteiger partial charge in [-0.1, -0.05) is 36.4 Å². The Bertz CT molecular complexity index is 570. The summed E-state index contributed by atoms with van der Waals surface area (Å²) < 4.78 is 5.13. The maximum absolute atomic E-state index is 12.1. The van der Waals surface area contributed by atoms with Crippen LogP contribution in [-0.4, -0.2) is 25.1 Å². The first-order chi connectivity index (χ1) is 9.69. The zero-order valence-electron chi connectivity index (χ0n) is 11.7. The lowest BCUT2D eigenvalue weighted by atomic mass is 10.2. The van der Waals surface area contributed by atoms with Gasteiger partial charge in [-0.25, -0.2) is 4.79 Å². The summed E-state index contributed by atoms with van der Waals surface area (Å²) in [4.78, 5) is 13.7. The van der Waals surface area contributed by atoms with Gasteiger partial charge in [0.1, 0.15) is 5.75 Å². The molecule has 104 valence electrons.